The van der Waals surface area contributed by atoms with Gasteiger partial charge in [0.15, 0.2) is 4.77 Å². The van der Waals surface area contributed by atoms with E-state index in [0.717, 1.165) is 22.3 Å². The quantitative estimate of drug-likeness (QED) is 0.639. The maximum absolute atomic E-state index is 5.08. The molecule has 0 aliphatic heterocycles. The number of hydrogen-bond donors (Lipinski definition) is 2. The molecular formula is C13H11N3S. The van der Waals surface area contributed by atoms with Crippen LogP contribution in [-0.2, 0) is 0 Å². The smallest absolute Gasteiger partial charge is 0.197 e. The van der Waals surface area contributed by atoms with Crippen molar-refractivity contribution in [2.75, 3.05) is 0 Å². The highest BCUT2D eigenvalue weighted by molar-refractivity contribution is 7.71. The van der Waals surface area contributed by atoms with Crippen molar-refractivity contribution in [3.05, 3.63) is 47.0 Å². The first-order chi connectivity index (χ1) is 8.25. The number of rotatable bonds is 1. The minimum absolute atomic E-state index is 0.510. The number of nitrogens with zero attached hydrogens (tertiary/aromatic N) is 1. The summed E-state index contributed by atoms with van der Waals surface area (Å²) in [6.45, 7) is 2.02. The molecule has 2 N–H and O–H groups in total. The van der Waals surface area contributed by atoms with Gasteiger partial charge in [0.1, 0.15) is 0 Å². The summed E-state index contributed by atoms with van der Waals surface area (Å²) >= 11 is 5.08. The number of para-hydroxylation sites is 1. The second-order valence-corrected chi connectivity index (χ2v) is 4.38. The number of hydrogen-bond acceptors (Lipinski definition) is 2. The lowest BCUT2D eigenvalue weighted by molar-refractivity contribution is 1.11. The van der Waals surface area contributed by atoms with E-state index in [1.165, 1.54) is 5.39 Å². The fourth-order valence-corrected chi connectivity index (χ4v) is 2.17. The Morgan fingerprint density at radius 2 is 2.06 bits per heavy atom. The van der Waals surface area contributed by atoms with E-state index in [0.29, 0.717) is 4.77 Å². The number of aromatic amines is 2. The summed E-state index contributed by atoms with van der Waals surface area (Å²) in [5.74, 6) is 0. The zero-order chi connectivity index (χ0) is 11.8. The normalized spacial score (nSPS) is 10.9. The Morgan fingerprint density at radius 1 is 1.24 bits per heavy atom. The lowest BCUT2D eigenvalue weighted by Crippen LogP contribution is -1.90. The fourth-order valence-electron chi connectivity index (χ4n) is 2.02. The highest BCUT2D eigenvalue weighted by Crippen LogP contribution is 2.28. The second-order valence-electron chi connectivity index (χ2n) is 3.99. The van der Waals surface area contributed by atoms with Crippen LogP contribution < -0.4 is 0 Å². The Balaban J connectivity index is 2.34. The van der Waals surface area contributed by atoms with Crippen LogP contribution in [0, 0.1) is 11.7 Å². The number of fused-ring (bicyclic) bond motifs is 1. The first kappa shape index (κ1) is 10.2. The largest absolute Gasteiger partial charge is 0.360 e. The minimum atomic E-state index is 0.510. The Bertz CT molecular complexity index is 740. The molecule has 3 aromatic rings. The molecule has 17 heavy (non-hydrogen) atoms. The lowest BCUT2D eigenvalue weighted by Gasteiger charge is -2.03. The first-order valence-corrected chi connectivity index (χ1v) is 5.79. The van der Waals surface area contributed by atoms with E-state index in [9.17, 15) is 0 Å². The molecule has 0 saturated carbocycles. The SMILES string of the molecule is Cc1cnc(=S)[nH]c1-c1c[nH]c2ccccc12. The van der Waals surface area contributed by atoms with Gasteiger partial charge in [-0.2, -0.15) is 0 Å². The minimum Gasteiger partial charge on any atom is -0.360 e. The van der Waals surface area contributed by atoms with Crippen LogP contribution in [0.1, 0.15) is 5.56 Å². The average molecular weight is 241 g/mol. The molecule has 3 rings (SSSR count). The van der Waals surface area contributed by atoms with Crippen LogP contribution in [0.3, 0.4) is 0 Å². The van der Waals surface area contributed by atoms with Crippen molar-refractivity contribution in [1.82, 2.24) is 15.0 Å². The Kier molecular flexibility index (Phi) is 2.30. The van der Waals surface area contributed by atoms with Crippen LogP contribution in [0.5, 0.6) is 0 Å². The van der Waals surface area contributed by atoms with Gasteiger partial charge in [-0.05, 0) is 30.8 Å². The predicted octanol–water partition coefficient (Wildman–Crippen LogP) is 3.60. The van der Waals surface area contributed by atoms with Gasteiger partial charge in [0.2, 0.25) is 0 Å². The third-order valence-electron chi connectivity index (χ3n) is 2.86. The van der Waals surface area contributed by atoms with Crippen molar-refractivity contribution in [1.29, 1.82) is 0 Å². The fraction of sp³-hybridized carbons (Fsp3) is 0.0769. The van der Waals surface area contributed by atoms with E-state index < -0.39 is 0 Å². The number of aryl methyl sites for hydroxylation is 1. The van der Waals surface area contributed by atoms with Gasteiger partial charge in [-0.3, -0.25) is 0 Å². The third kappa shape index (κ3) is 1.66. The molecule has 0 saturated heterocycles. The Hall–Kier alpha value is -1.94. The zero-order valence-corrected chi connectivity index (χ0v) is 10.1. The van der Waals surface area contributed by atoms with Crippen LogP contribution in [0.4, 0.5) is 0 Å². The average Bonchev–Trinajstić information content (AvgIpc) is 2.76. The van der Waals surface area contributed by atoms with Gasteiger partial charge in [0, 0.05) is 28.9 Å². The standard InChI is InChI=1S/C13H11N3S/c1-8-6-15-13(17)16-12(8)10-7-14-11-5-3-2-4-9(10)11/h2-7,14H,1H3,(H,15,16,17). The highest BCUT2D eigenvalue weighted by atomic mass is 32.1. The van der Waals surface area contributed by atoms with Crippen LogP contribution >= 0.6 is 12.2 Å². The van der Waals surface area contributed by atoms with Gasteiger partial charge in [-0.25, -0.2) is 4.98 Å². The molecule has 84 valence electrons. The summed E-state index contributed by atoms with van der Waals surface area (Å²) in [4.78, 5) is 10.5. The molecule has 0 radical (unpaired) electrons. The van der Waals surface area contributed by atoms with Crippen LogP contribution in [0.2, 0.25) is 0 Å². The molecule has 0 amide bonds. The second kappa shape index (κ2) is 3.82. The van der Waals surface area contributed by atoms with Crippen molar-refractivity contribution in [2.24, 2.45) is 0 Å². The summed E-state index contributed by atoms with van der Waals surface area (Å²) in [5.41, 5.74) is 4.37. The molecule has 0 aliphatic rings. The van der Waals surface area contributed by atoms with E-state index in [2.05, 4.69) is 27.1 Å². The first-order valence-electron chi connectivity index (χ1n) is 5.38. The number of nitrogens with one attached hydrogen (secondary N) is 2. The van der Waals surface area contributed by atoms with Crippen LogP contribution in [0.25, 0.3) is 22.2 Å². The Morgan fingerprint density at radius 3 is 2.94 bits per heavy atom. The maximum Gasteiger partial charge on any atom is 0.197 e. The van der Waals surface area contributed by atoms with Gasteiger partial charge in [0.25, 0.3) is 0 Å². The molecule has 0 unspecified atom stereocenters. The van der Waals surface area contributed by atoms with Gasteiger partial charge in [-0.15, -0.1) is 0 Å². The van der Waals surface area contributed by atoms with E-state index >= 15 is 0 Å². The summed E-state index contributed by atoms with van der Waals surface area (Å²) < 4.78 is 0.510. The summed E-state index contributed by atoms with van der Waals surface area (Å²) in [5, 5.41) is 1.19. The van der Waals surface area contributed by atoms with E-state index in [4.69, 9.17) is 12.2 Å². The summed E-state index contributed by atoms with van der Waals surface area (Å²) in [6, 6.07) is 8.21. The molecule has 1 aromatic carbocycles. The number of benzene rings is 1. The van der Waals surface area contributed by atoms with Crippen molar-refractivity contribution in [2.45, 2.75) is 6.92 Å². The van der Waals surface area contributed by atoms with Gasteiger partial charge >= 0.3 is 0 Å². The van der Waals surface area contributed by atoms with Crippen LogP contribution in [-0.4, -0.2) is 15.0 Å². The van der Waals surface area contributed by atoms with Gasteiger partial charge in [-0.1, -0.05) is 18.2 Å². The van der Waals surface area contributed by atoms with Crippen molar-refractivity contribution >= 4 is 23.1 Å². The predicted molar refractivity (Wildman–Crippen MR) is 71.5 cm³/mol. The number of aromatic nitrogens is 3. The van der Waals surface area contributed by atoms with E-state index in [-0.39, 0.29) is 0 Å². The third-order valence-corrected chi connectivity index (χ3v) is 3.07. The molecule has 2 aromatic heterocycles. The van der Waals surface area contributed by atoms with E-state index in [1.807, 2.05) is 25.3 Å². The summed E-state index contributed by atoms with van der Waals surface area (Å²) in [6.07, 6.45) is 3.80. The molecule has 3 nitrogen and oxygen atoms in total. The molecule has 4 heteroatoms. The van der Waals surface area contributed by atoms with Gasteiger partial charge in [0.05, 0.1) is 5.69 Å². The van der Waals surface area contributed by atoms with Crippen molar-refractivity contribution < 1.29 is 0 Å². The van der Waals surface area contributed by atoms with Crippen molar-refractivity contribution in [3.63, 3.8) is 0 Å². The number of H-pyrrole nitrogens is 2. The molecular weight excluding hydrogens is 230 g/mol. The Labute approximate surface area is 104 Å². The zero-order valence-electron chi connectivity index (χ0n) is 9.32. The van der Waals surface area contributed by atoms with Crippen LogP contribution in [0.15, 0.2) is 36.7 Å². The van der Waals surface area contributed by atoms with Crippen molar-refractivity contribution in [3.8, 4) is 11.3 Å². The molecule has 0 bridgehead atoms. The molecule has 2 heterocycles. The monoisotopic (exact) mass is 241 g/mol. The molecule has 0 spiro atoms. The molecule has 0 fully saturated rings. The highest BCUT2D eigenvalue weighted by Gasteiger charge is 2.08. The lowest BCUT2D eigenvalue weighted by atomic mass is 10.1. The summed E-state index contributed by atoms with van der Waals surface area (Å²) in [7, 11) is 0. The molecule has 0 aliphatic carbocycles. The topological polar surface area (TPSA) is 44.5 Å². The van der Waals surface area contributed by atoms with Gasteiger partial charge < -0.3 is 9.97 Å². The molecule has 0 atom stereocenters. The van der Waals surface area contributed by atoms with E-state index in [1.54, 1.807) is 6.20 Å². The maximum atomic E-state index is 5.08.